The van der Waals surface area contributed by atoms with E-state index in [1.54, 1.807) is 0 Å². The number of hydrogen-bond acceptors (Lipinski definition) is 2. The monoisotopic (exact) mass is 246 g/mol. The van der Waals surface area contributed by atoms with Crippen molar-refractivity contribution in [2.45, 2.75) is 58.5 Å². The molecule has 2 rings (SSSR count). The maximum absolute atomic E-state index is 6.12. The van der Waals surface area contributed by atoms with Gasteiger partial charge in [-0.25, -0.2) is 0 Å². The van der Waals surface area contributed by atoms with Crippen molar-refractivity contribution in [2.24, 2.45) is 0 Å². The molecular weight excluding hydrogens is 220 g/mol. The van der Waals surface area contributed by atoms with Crippen LogP contribution in [0.5, 0.6) is 0 Å². The number of rotatable bonds is 5. The molecule has 0 saturated heterocycles. The van der Waals surface area contributed by atoms with Crippen LogP contribution in [0.2, 0.25) is 0 Å². The van der Waals surface area contributed by atoms with Gasteiger partial charge >= 0.3 is 0 Å². The van der Waals surface area contributed by atoms with Crippen molar-refractivity contribution in [3.05, 3.63) is 29.3 Å². The van der Waals surface area contributed by atoms with Crippen LogP contribution in [0, 0.1) is 0 Å². The van der Waals surface area contributed by atoms with Gasteiger partial charge in [-0.15, -0.1) is 0 Å². The second kappa shape index (κ2) is 6.24. The molecule has 0 atom stereocenters. The highest BCUT2D eigenvalue weighted by atomic mass is 15.2. The number of nitrogens with two attached hydrogens (primary N) is 1. The number of benzene rings is 1. The first-order valence-electron chi connectivity index (χ1n) is 7.36. The molecule has 0 aromatic heterocycles. The Morgan fingerprint density at radius 1 is 1.22 bits per heavy atom. The van der Waals surface area contributed by atoms with Gasteiger partial charge < -0.3 is 5.73 Å². The minimum absolute atomic E-state index is 0.743. The summed E-state index contributed by atoms with van der Waals surface area (Å²) in [6.07, 6.45) is 6.34. The highest BCUT2D eigenvalue weighted by Crippen LogP contribution is 2.27. The van der Waals surface area contributed by atoms with Crippen molar-refractivity contribution in [1.82, 2.24) is 4.90 Å². The summed E-state index contributed by atoms with van der Waals surface area (Å²) in [5.74, 6) is 0. The summed E-state index contributed by atoms with van der Waals surface area (Å²) in [6.45, 7) is 6.82. The van der Waals surface area contributed by atoms with Gasteiger partial charge in [0.2, 0.25) is 0 Å². The summed E-state index contributed by atoms with van der Waals surface area (Å²) in [4.78, 5) is 2.64. The van der Waals surface area contributed by atoms with E-state index in [1.807, 2.05) is 6.07 Å². The Balaban J connectivity index is 2.12. The molecule has 0 spiro atoms. The number of hydrogen-bond donors (Lipinski definition) is 1. The molecule has 100 valence electrons. The molecule has 18 heavy (non-hydrogen) atoms. The van der Waals surface area contributed by atoms with Crippen LogP contribution in [0.15, 0.2) is 18.2 Å². The van der Waals surface area contributed by atoms with Crippen molar-refractivity contribution >= 4 is 5.69 Å². The summed E-state index contributed by atoms with van der Waals surface area (Å²) < 4.78 is 0. The SMILES string of the molecule is CCCC(CCC)N1CCc2cccc(N)c2C1. The third kappa shape index (κ3) is 2.86. The van der Waals surface area contributed by atoms with Crippen LogP contribution in [0.25, 0.3) is 0 Å². The van der Waals surface area contributed by atoms with Gasteiger partial charge in [-0.3, -0.25) is 4.90 Å². The fourth-order valence-corrected chi connectivity index (χ4v) is 3.12. The van der Waals surface area contributed by atoms with Gasteiger partial charge in [0, 0.05) is 24.8 Å². The molecule has 1 aliphatic rings. The van der Waals surface area contributed by atoms with E-state index >= 15 is 0 Å². The van der Waals surface area contributed by atoms with Gasteiger partial charge in [-0.2, -0.15) is 0 Å². The topological polar surface area (TPSA) is 29.3 Å². The number of anilines is 1. The van der Waals surface area contributed by atoms with E-state index < -0.39 is 0 Å². The van der Waals surface area contributed by atoms with E-state index in [0.717, 1.165) is 24.7 Å². The average Bonchev–Trinajstić information content (AvgIpc) is 2.39. The lowest BCUT2D eigenvalue weighted by atomic mass is 9.95. The normalized spacial score (nSPS) is 15.9. The summed E-state index contributed by atoms with van der Waals surface area (Å²) in [6, 6.07) is 7.10. The van der Waals surface area contributed by atoms with E-state index in [1.165, 1.54) is 43.4 Å². The van der Waals surface area contributed by atoms with Crippen LogP contribution >= 0.6 is 0 Å². The third-order valence-electron chi connectivity index (χ3n) is 4.10. The van der Waals surface area contributed by atoms with Crippen LogP contribution in [0.1, 0.15) is 50.7 Å². The lowest BCUT2D eigenvalue weighted by molar-refractivity contribution is 0.159. The van der Waals surface area contributed by atoms with E-state index in [-0.39, 0.29) is 0 Å². The van der Waals surface area contributed by atoms with Crippen LogP contribution in [-0.2, 0) is 13.0 Å². The lowest BCUT2D eigenvalue weighted by Gasteiger charge is -2.36. The lowest BCUT2D eigenvalue weighted by Crippen LogP contribution is -2.39. The van der Waals surface area contributed by atoms with Gasteiger partial charge in [-0.05, 0) is 36.5 Å². The number of nitrogens with zero attached hydrogens (tertiary/aromatic N) is 1. The molecule has 0 saturated carbocycles. The molecule has 0 bridgehead atoms. The molecule has 0 radical (unpaired) electrons. The zero-order valence-electron chi connectivity index (χ0n) is 11.8. The molecule has 0 unspecified atom stereocenters. The standard InChI is InChI=1S/C16H26N2/c1-3-6-14(7-4-2)18-11-10-13-8-5-9-16(17)15(13)12-18/h5,8-9,14H,3-4,6-7,10-12,17H2,1-2H3. The maximum atomic E-state index is 6.12. The minimum atomic E-state index is 0.743. The first-order valence-corrected chi connectivity index (χ1v) is 7.36. The highest BCUT2D eigenvalue weighted by Gasteiger charge is 2.23. The van der Waals surface area contributed by atoms with E-state index in [4.69, 9.17) is 5.73 Å². The highest BCUT2D eigenvalue weighted by molar-refractivity contribution is 5.51. The van der Waals surface area contributed by atoms with Crippen molar-refractivity contribution < 1.29 is 0 Å². The van der Waals surface area contributed by atoms with Gasteiger partial charge in [0.15, 0.2) is 0 Å². The molecule has 2 N–H and O–H groups in total. The fraction of sp³-hybridized carbons (Fsp3) is 0.625. The van der Waals surface area contributed by atoms with E-state index in [9.17, 15) is 0 Å². The number of fused-ring (bicyclic) bond motifs is 1. The molecule has 1 heterocycles. The molecular formula is C16H26N2. The Morgan fingerprint density at radius 3 is 2.61 bits per heavy atom. The first kappa shape index (κ1) is 13.4. The predicted octanol–water partition coefficient (Wildman–Crippen LogP) is 3.60. The number of nitrogen functional groups attached to an aromatic ring is 1. The molecule has 1 aromatic carbocycles. The van der Waals surface area contributed by atoms with Crippen LogP contribution in [-0.4, -0.2) is 17.5 Å². The Morgan fingerprint density at radius 2 is 1.94 bits per heavy atom. The Hall–Kier alpha value is -1.02. The van der Waals surface area contributed by atoms with Gasteiger partial charge in [0.25, 0.3) is 0 Å². The smallest absolute Gasteiger partial charge is 0.0362 e. The largest absolute Gasteiger partial charge is 0.398 e. The van der Waals surface area contributed by atoms with Gasteiger partial charge in [0.1, 0.15) is 0 Å². The Kier molecular flexibility index (Phi) is 4.65. The van der Waals surface area contributed by atoms with E-state index in [2.05, 4.69) is 30.9 Å². The molecule has 2 nitrogen and oxygen atoms in total. The average molecular weight is 246 g/mol. The molecule has 1 aliphatic heterocycles. The Bertz CT molecular complexity index is 381. The molecule has 2 heteroatoms. The molecule has 1 aromatic rings. The Labute approximate surface area is 111 Å². The predicted molar refractivity (Wildman–Crippen MR) is 78.6 cm³/mol. The van der Waals surface area contributed by atoms with Crippen LogP contribution < -0.4 is 5.73 Å². The summed E-state index contributed by atoms with van der Waals surface area (Å²) >= 11 is 0. The zero-order chi connectivity index (χ0) is 13.0. The molecule has 0 amide bonds. The molecule has 0 fully saturated rings. The van der Waals surface area contributed by atoms with Crippen molar-refractivity contribution in [2.75, 3.05) is 12.3 Å². The second-order valence-electron chi connectivity index (χ2n) is 5.44. The summed E-state index contributed by atoms with van der Waals surface area (Å²) in [5, 5.41) is 0. The minimum Gasteiger partial charge on any atom is -0.398 e. The van der Waals surface area contributed by atoms with Gasteiger partial charge in [-0.1, -0.05) is 38.8 Å². The third-order valence-corrected chi connectivity index (χ3v) is 4.10. The summed E-state index contributed by atoms with van der Waals surface area (Å²) in [5.41, 5.74) is 9.93. The van der Waals surface area contributed by atoms with Crippen molar-refractivity contribution in [3.63, 3.8) is 0 Å². The quantitative estimate of drug-likeness (QED) is 0.804. The van der Waals surface area contributed by atoms with Crippen LogP contribution in [0.3, 0.4) is 0 Å². The first-order chi connectivity index (χ1) is 8.76. The maximum Gasteiger partial charge on any atom is 0.0362 e. The van der Waals surface area contributed by atoms with Crippen molar-refractivity contribution in [1.29, 1.82) is 0 Å². The zero-order valence-corrected chi connectivity index (χ0v) is 11.8. The van der Waals surface area contributed by atoms with Gasteiger partial charge in [0.05, 0.1) is 0 Å². The second-order valence-corrected chi connectivity index (χ2v) is 5.44. The fourth-order valence-electron chi connectivity index (χ4n) is 3.12. The summed E-state index contributed by atoms with van der Waals surface area (Å²) in [7, 11) is 0. The van der Waals surface area contributed by atoms with Crippen molar-refractivity contribution in [3.8, 4) is 0 Å². The molecule has 0 aliphatic carbocycles. The van der Waals surface area contributed by atoms with E-state index in [0.29, 0.717) is 0 Å². The van der Waals surface area contributed by atoms with Crippen LogP contribution in [0.4, 0.5) is 5.69 Å².